The van der Waals surface area contributed by atoms with E-state index in [4.69, 9.17) is 5.73 Å². The standard InChI is InChI=1S/C12H17N/c1-9-3-4-10-6-12(2,8-13)7-11(10)5-9/h3-5H,6-8,13H2,1-2H3. The lowest BCUT2D eigenvalue weighted by Gasteiger charge is -2.20. The molecule has 1 aromatic rings. The van der Waals surface area contributed by atoms with Gasteiger partial charge in [0.2, 0.25) is 0 Å². The zero-order valence-corrected chi connectivity index (χ0v) is 8.43. The number of hydrogen-bond donors (Lipinski definition) is 1. The van der Waals surface area contributed by atoms with Crippen LogP contribution in [0.3, 0.4) is 0 Å². The van der Waals surface area contributed by atoms with E-state index in [2.05, 4.69) is 32.0 Å². The van der Waals surface area contributed by atoms with Crippen molar-refractivity contribution in [1.29, 1.82) is 0 Å². The minimum atomic E-state index is 0.316. The SMILES string of the molecule is Cc1ccc2c(c1)CC(C)(CN)C2. The van der Waals surface area contributed by atoms with E-state index in [1.165, 1.54) is 16.7 Å². The second kappa shape index (κ2) is 2.85. The second-order valence-corrected chi connectivity index (χ2v) is 4.64. The molecule has 0 bridgehead atoms. The van der Waals surface area contributed by atoms with E-state index in [9.17, 15) is 0 Å². The molecule has 0 spiro atoms. The third kappa shape index (κ3) is 1.49. The largest absolute Gasteiger partial charge is 0.330 e. The molecule has 1 atom stereocenters. The maximum atomic E-state index is 5.79. The van der Waals surface area contributed by atoms with Crippen molar-refractivity contribution in [3.63, 3.8) is 0 Å². The van der Waals surface area contributed by atoms with Gasteiger partial charge in [0, 0.05) is 0 Å². The summed E-state index contributed by atoms with van der Waals surface area (Å²) in [6.07, 6.45) is 2.31. The fourth-order valence-corrected chi connectivity index (χ4v) is 2.22. The van der Waals surface area contributed by atoms with E-state index in [1.54, 1.807) is 0 Å². The summed E-state index contributed by atoms with van der Waals surface area (Å²) >= 11 is 0. The quantitative estimate of drug-likeness (QED) is 0.694. The molecule has 70 valence electrons. The van der Waals surface area contributed by atoms with Crippen molar-refractivity contribution in [2.45, 2.75) is 26.7 Å². The maximum absolute atomic E-state index is 5.79. The number of fused-ring (bicyclic) bond motifs is 1. The van der Waals surface area contributed by atoms with Crippen LogP contribution in [0.1, 0.15) is 23.6 Å². The highest BCUT2D eigenvalue weighted by atomic mass is 14.6. The van der Waals surface area contributed by atoms with Crippen molar-refractivity contribution in [1.82, 2.24) is 0 Å². The Morgan fingerprint density at radius 3 is 2.69 bits per heavy atom. The first kappa shape index (κ1) is 8.76. The van der Waals surface area contributed by atoms with Crippen molar-refractivity contribution < 1.29 is 0 Å². The third-order valence-corrected chi connectivity index (χ3v) is 3.09. The number of hydrogen-bond acceptors (Lipinski definition) is 1. The molecule has 2 rings (SSSR count). The Balaban J connectivity index is 2.35. The van der Waals surface area contributed by atoms with E-state index >= 15 is 0 Å². The molecule has 0 aliphatic heterocycles. The van der Waals surface area contributed by atoms with Crippen LogP contribution in [0.4, 0.5) is 0 Å². The molecule has 0 saturated carbocycles. The molecule has 0 radical (unpaired) electrons. The van der Waals surface area contributed by atoms with Crippen LogP contribution in [-0.2, 0) is 12.8 Å². The highest BCUT2D eigenvalue weighted by Crippen LogP contribution is 2.35. The highest BCUT2D eigenvalue weighted by Gasteiger charge is 2.31. The van der Waals surface area contributed by atoms with Gasteiger partial charge < -0.3 is 5.73 Å². The molecule has 1 nitrogen and oxygen atoms in total. The molecule has 1 unspecified atom stereocenters. The van der Waals surface area contributed by atoms with E-state index in [1.807, 2.05) is 0 Å². The minimum absolute atomic E-state index is 0.316. The van der Waals surface area contributed by atoms with Gasteiger partial charge in [-0.3, -0.25) is 0 Å². The molecular weight excluding hydrogens is 158 g/mol. The topological polar surface area (TPSA) is 26.0 Å². The second-order valence-electron chi connectivity index (χ2n) is 4.64. The normalized spacial score (nSPS) is 26.1. The van der Waals surface area contributed by atoms with Crippen LogP contribution in [0, 0.1) is 12.3 Å². The van der Waals surface area contributed by atoms with Gasteiger partial charge in [-0.2, -0.15) is 0 Å². The fraction of sp³-hybridized carbons (Fsp3) is 0.500. The molecule has 0 heterocycles. The zero-order chi connectivity index (χ0) is 9.47. The summed E-state index contributed by atoms with van der Waals surface area (Å²) in [5.41, 5.74) is 10.5. The summed E-state index contributed by atoms with van der Waals surface area (Å²) < 4.78 is 0. The van der Waals surface area contributed by atoms with Crippen LogP contribution in [0.25, 0.3) is 0 Å². The Hall–Kier alpha value is -0.820. The van der Waals surface area contributed by atoms with Crippen LogP contribution < -0.4 is 5.73 Å². The molecule has 1 heteroatoms. The van der Waals surface area contributed by atoms with Crippen molar-refractivity contribution in [3.05, 3.63) is 34.9 Å². The molecule has 1 aliphatic carbocycles. The van der Waals surface area contributed by atoms with Gasteiger partial charge in [0.15, 0.2) is 0 Å². The molecule has 0 saturated heterocycles. The molecular formula is C12H17N. The van der Waals surface area contributed by atoms with Gasteiger partial charge in [-0.15, -0.1) is 0 Å². The first-order valence-electron chi connectivity index (χ1n) is 4.91. The predicted molar refractivity (Wildman–Crippen MR) is 55.7 cm³/mol. The number of nitrogens with two attached hydrogens (primary N) is 1. The number of rotatable bonds is 1. The maximum Gasteiger partial charge on any atom is -0.00168 e. The van der Waals surface area contributed by atoms with Crippen molar-refractivity contribution in [2.24, 2.45) is 11.1 Å². The Kier molecular flexibility index (Phi) is 1.92. The Bertz CT molecular complexity index is 330. The van der Waals surface area contributed by atoms with Crippen molar-refractivity contribution >= 4 is 0 Å². The van der Waals surface area contributed by atoms with E-state index in [0.717, 1.165) is 19.4 Å². The first-order valence-corrected chi connectivity index (χ1v) is 4.91. The zero-order valence-electron chi connectivity index (χ0n) is 8.43. The monoisotopic (exact) mass is 175 g/mol. The summed E-state index contributed by atoms with van der Waals surface area (Å²) in [4.78, 5) is 0. The lowest BCUT2D eigenvalue weighted by Crippen LogP contribution is -2.27. The van der Waals surface area contributed by atoms with Gasteiger partial charge in [0.1, 0.15) is 0 Å². The van der Waals surface area contributed by atoms with Gasteiger partial charge in [-0.05, 0) is 42.9 Å². The number of aryl methyl sites for hydroxylation is 1. The first-order chi connectivity index (χ1) is 6.13. The average molecular weight is 175 g/mol. The van der Waals surface area contributed by atoms with Crippen LogP contribution in [-0.4, -0.2) is 6.54 Å². The van der Waals surface area contributed by atoms with Gasteiger partial charge in [0.05, 0.1) is 0 Å². The van der Waals surface area contributed by atoms with Crippen molar-refractivity contribution in [3.8, 4) is 0 Å². The highest BCUT2D eigenvalue weighted by molar-refractivity contribution is 5.37. The van der Waals surface area contributed by atoms with E-state index in [-0.39, 0.29) is 0 Å². The predicted octanol–water partition coefficient (Wildman–Crippen LogP) is 2.06. The molecule has 0 amide bonds. The lowest BCUT2D eigenvalue weighted by atomic mass is 9.88. The lowest BCUT2D eigenvalue weighted by molar-refractivity contribution is 0.359. The van der Waals surface area contributed by atoms with Crippen LogP contribution >= 0.6 is 0 Å². The van der Waals surface area contributed by atoms with E-state index in [0.29, 0.717) is 5.41 Å². The van der Waals surface area contributed by atoms with Crippen molar-refractivity contribution in [2.75, 3.05) is 6.54 Å². The van der Waals surface area contributed by atoms with Gasteiger partial charge in [-0.25, -0.2) is 0 Å². The average Bonchev–Trinajstić information content (AvgIpc) is 2.42. The van der Waals surface area contributed by atoms with Crippen LogP contribution in [0.15, 0.2) is 18.2 Å². The van der Waals surface area contributed by atoms with Crippen LogP contribution in [0.2, 0.25) is 0 Å². The Morgan fingerprint density at radius 2 is 2.00 bits per heavy atom. The summed E-state index contributed by atoms with van der Waals surface area (Å²) in [6, 6.07) is 6.75. The summed E-state index contributed by atoms with van der Waals surface area (Å²) in [5.74, 6) is 0. The minimum Gasteiger partial charge on any atom is -0.330 e. The summed E-state index contributed by atoms with van der Waals surface area (Å²) in [5, 5.41) is 0. The number of benzene rings is 1. The van der Waals surface area contributed by atoms with Crippen LogP contribution in [0.5, 0.6) is 0 Å². The molecule has 0 aromatic heterocycles. The molecule has 2 N–H and O–H groups in total. The molecule has 0 fully saturated rings. The molecule has 13 heavy (non-hydrogen) atoms. The summed E-state index contributed by atoms with van der Waals surface area (Å²) in [7, 11) is 0. The molecule has 1 aliphatic rings. The van der Waals surface area contributed by atoms with Gasteiger partial charge in [-0.1, -0.05) is 30.7 Å². The smallest absolute Gasteiger partial charge is 0.00168 e. The Morgan fingerprint density at radius 1 is 1.31 bits per heavy atom. The summed E-state index contributed by atoms with van der Waals surface area (Å²) in [6.45, 7) is 5.22. The fourth-order valence-electron chi connectivity index (χ4n) is 2.22. The third-order valence-electron chi connectivity index (χ3n) is 3.09. The van der Waals surface area contributed by atoms with Gasteiger partial charge in [0.25, 0.3) is 0 Å². The van der Waals surface area contributed by atoms with E-state index < -0.39 is 0 Å². The Labute approximate surface area is 80.0 Å². The molecule has 1 aromatic carbocycles. The van der Waals surface area contributed by atoms with Gasteiger partial charge >= 0.3 is 0 Å².